The molecule has 0 heterocycles. The van der Waals surface area contributed by atoms with E-state index in [0.717, 1.165) is 0 Å². The van der Waals surface area contributed by atoms with Crippen LogP contribution >= 0.6 is 15.9 Å². The normalized spacial score (nSPS) is 9.09. The van der Waals surface area contributed by atoms with Gasteiger partial charge in [-0.25, -0.2) is 0 Å². The van der Waals surface area contributed by atoms with E-state index in [1.54, 1.807) is 12.1 Å². The van der Waals surface area contributed by atoms with Gasteiger partial charge >= 0.3 is 0 Å². The predicted molar refractivity (Wildman–Crippen MR) is 47.7 cm³/mol. The summed E-state index contributed by atoms with van der Waals surface area (Å²) in [7, 11) is 0. The molecule has 0 amide bonds. The van der Waals surface area contributed by atoms with E-state index in [1.807, 2.05) is 6.07 Å². The Hall–Kier alpha value is -1.21. The highest BCUT2D eigenvalue weighted by Gasteiger charge is 2.04. The zero-order valence-electron chi connectivity index (χ0n) is 5.63. The first-order valence-corrected chi connectivity index (χ1v) is 3.69. The first-order valence-electron chi connectivity index (χ1n) is 2.90. The molecule has 1 aromatic carbocycles. The highest BCUT2D eigenvalue weighted by molar-refractivity contribution is 9.10. The third-order valence-corrected chi connectivity index (χ3v) is 2.19. The van der Waals surface area contributed by atoms with Gasteiger partial charge in [0.05, 0.1) is 21.4 Å². The molecule has 0 aliphatic carbocycles. The Balaban J connectivity index is 3.40. The molecule has 0 spiro atoms. The highest BCUT2D eigenvalue weighted by atomic mass is 79.9. The van der Waals surface area contributed by atoms with Crippen LogP contribution in [0.5, 0.6) is 0 Å². The molecule has 11 heavy (non-hydrogen) atoms. The van der Waals surface area contributed by atoms with Gasteiger partial charge in [0.25, 0.3) is 0 Å². The van der Waals surface area contributed by atoms with Gasteiger partial charge in [0.15, 0.2) is 0 Å². The molecular formula is C7H6BrN3. The van der Waals surface area contributed by atoms with E-state index in [9.17, 15) is 0 Å². The van der Waals surface area contributed by atoms with Crippen molar-refractivity contribution in [2.24, 2.45) is 0 Å². The van der Waals surface area contributed by atoms with Crippen LogP contribution in [0.15, 0.2) is 16.6 Å². The zero-order chi connectivity index (χ0) is 8.43. The molecule has 4 N–H and O–H groups in total. The minimum atomic E-state index is 0.420. The van der Waals surface area contributed by atoms with Crippen molar-refractivity contribution in [2.45, 2.75) is 0 Å². The van der Waals surface area contributed by atoms with Gasteiger partial charge in [-0.1, -0.05) is 0 Å². The van der Waals surface area contributed by atoms with Crippen LogP contribution in [0.25, 0.3) is 0 Å². The molecule has 0 saturated heterocycles. The third-order valence-electron chi connectivity index (χ3n) is 1.33. The van der Waals surface area contributed by atoms with Crippen molar-refractivity contribution in [2.75, 3.05) is 11.5 Å². The number of halogens is 1. The molecule has 0 unspecified atom stereocenters. The van der Waals surface area contributed by atoms with E-state index >= 15 is 0 Å². The summed E-state index contributed by atoms with van der Waals surface area (Å²) >= 11 is 3.16. The summed E-state index contributed by atoms with van der Waals surface area (Å²) in [5.41, 5.74) is 12.4. The smallest absolute Gasteiger partial charge is 0.100 e. The summed E-state index contributed by atoms with van der Waals surface area (Å²) < 4.78 is 0.569. The Kier molecular flexibility index (Phi) is 2.01. The first-order chi connectivity index (χ1) is 5.16. The van der Waals surface area contributed by atoms with Gasteiger partial charge in [-0.05, 0) is 28.1 Å². The molecule has 0 radical (unpaired) electrons. The standard InChI is InChI=1S/C7H6BrN3/c8-6-4(3-9)1-2-5(10)7(6)11/h1-2H,10-11H2. The summed E-state index contributed by atoms with van der Waals surface area (Å²) in [5.74, 6) is 0. The van der Waals surface area contributed by atoms with Gasteiger partial charge < -0.3 is 11.5 Å². The molecule has 0 aliphatic heterocycles. The minimum absolute atomic E-state index is 0.420. The lowest BCUT2D eigenvalue weighted by Crippen LogP contribution is -1.96. The van der Waals surface area contributed by atoms with Crippen LogP contribution in [0, 0.1) is 11.3 Å². The maximum absolute atomic E-state index is 8.56. The van der Waals surface area contributed by atoms with E-state index in [4.69, 9.17) is 16.7 Å². The molecule has 0 aromatic heterocycles. The Labute approximate surface area is 72.7 Å². The Bertz CT molecular complexity index is 327. The monoisotopic (exact) mass is 211 g/mol. The van der Waals surface area contributed by atoms with E-state index in [0.29, 0.717) is 21.4 Å². The molecule has 0 bridgehead atoms. The number of hydrogen-bond donors (Lipinski definition) is 2. The van der Waals surface area contributed by atoms with Crippen LogP contribution in [0.1, 0.15) is 5.56 Å². The largest absolute Gasteiger partial charge is 0.397 e. The van der Waals surface area contributed by atoms with Gasteiger partial charge in [0.1, 0.15) is 6.07 Å². The Morgan fingerprint density at radius 3 is 2.55 bits per heavy atom. The van der Waals surface area contributed by atoms with E-state index < -0.39 is 0 Å². The predicted octanol–water partition coefficient (Wildman–Crippen LogP) is 1.49. The van der Waals surface area contributed by atoms with Crippen molar-refractivity contribution in [3.05, 3.63) is 22.2 Å². The lowest BCUT2D eigenvalue weighted by atomic mass is 10.2. The SMILES string of the molecule is N#Cc1ccc(N)c(N)c1Br. The summed E-state index contributed by atoms with van der Waals surface area (Å²) in [5, 5.41) is 8.56. The van der Waals surface area contributed by atoms with Crippen LogP contribution in [-0.4, -0.2) is 0 Å². The van der Waals surface area contributed by atoms with Crippen molar-refractivity contribution in [1.29, 1.82) is 5.26 Å². The van der Waals surface area contributed by atoms with Crippen LogP contribution in [-0.2, 0) is 0 Å². The number of benzene rings is 1. The van der Waals surface area contributed by atoms with Gasteiger partial charge in [0.2, 0.25) is 0 Å². The number of rotatable bonds is 0. The molecule has 4 heteroatoms. The van der Waals surface area contributed by atoms with Crippen molar-refractivity contribution >= 4 is 27.3 Å². The van der Waals surface area contributed by atoms with Gasteiger partial charge in [0, 0.05) is 0 Å². The van der Waals surface area contributed by atoms with Crippen molar-refractivity contribution in [3.8, 4) is 6.07 Å². The first kappa shape index (κ1) is 7.89. The lowest BCUT2D eigenvalue weighted by molar-refractivity contribution is 1.47. The average molecular weight is 212 g/mol. The fourth-order valence-corrected chi connectivity index (χ4v) is 1.14. The summed E-state index contributed by atoms with van der Waals surface area (Å²) in [6.45, 7) is 0. The zero-order valence-corrected chi connectivity index (χ0v) is 7.22. The van der Waals surface area contributed by atoms with Crippen LogP contribution in [0.3, 0.4) is 0 Å². The molecule has 3 nitrogen and oxygen atoms in total. The molecule has 0 aliphatic rings. The van der Waals surface area contributed by atoms with Crippen molar-refractivity contribution in [3.63, 3.8) is 0 Å². The molecule has 0 atom stereocenters. The van der Waals surface area contributed by atoms with Gasteiger partial charge in [-0.3, -0.25) is 0 Å². The van der Waals surface area contributed by atoms with Gasteiger partial charge in [-0.15, -0.1) is 0 Å². The summed E-state index contributed by atoms with van der Waals surface area (Å²) in [6, 6.07) is 5.21. The number of nitrogen functional groups attached to an aromatic ring is 2. The molecular weight excluding hydrogens is 206 g/mol. The summed E-state index contributed by atoms with van der Waals surface area (Å²) in [4.78, 5) is 0. The summed E-state index contributed by atoms with van der Waals surface area (Å²) in [6.07, 6.45) is 0. The molecule has 56 valence electrons. The number of nitriles is 1. The number of hydrogen-bond acceptors (Lipinski definition) is 3. The molecule has 0 fully saturated rings. The van der Waals surface area contributed by atoms with Crippen molar-refractivity contribution < 1.29 is 0 Å². The van der Waals surface area contributed by atoms with Crippen LogP contribution in [0.2, 0.25) is 0 Å². The second-order valence-corrected chi connectivity index (χ2v) is 2.83. The third kappa shape index (κ3) is 1.28. The highest BCUT2D eigenvalue weighted by Crippen LogP contribution is 2.28. The van der Waals surface area contributed by atoms with Crippen molar-refractivity contribution in [1.82, 2.24) is 0 Å². The van der Waals surface area contributed by atoms with Crippen LogP contribution in [0.4, 0.5) is 11.4 Å². The Morgan fingerprint density at radius 2 is 2.00 bits per heavy atom. The lowest BCUT2D eigenvalue weighted by Gasteiger charge is -2.02. The minimum Gasteiger partial charge on any atom is -0.397 e. The quantitative estimate of drug-likeness (QED) is 0.639. The average Bonchev–Trinajstić information content (AvgIpc) is 2.01. The molecule has 1 rings (SSSR count). The molecule has 1 aromatic rings. The second kappa shape index (κ2) is 2.81. The van der Waals surface area contributed by atoms with E-state index in [-0.39, 0.29) is 0 Å². The van der Waals surface area contributed by atoms with Crippen LogP contribution < -0.4 is 11.5 Å². The maximum atomic E-state index is 8.56. The fourth-order valence-electron chi connectivity index (χ4n) is 0.694. The number of anilines is 2. The topological polar surface area (TPSA) is 75.8 Å². The Morgan fingerprint density at radius 1 is 1.36 bits per heavy atom. The maximum Gasteiger partial charge on any atom is 0.100 e. The second-order valence-electron chi connectivity index (χ2n) is 2.04. The number of nitrogens with two attached hydrogens (primary N) is 2. The van der Waals surface area contributed by atoms with E-state index in [1.165, 1.54) is 0 Å². The number of nitrogens with zero attached hydrogens (tertiary/aromatic N) is 1. The van der Waals surface area contributed by atoms with E-state index in [2.05, 4.69) is 15.9 Å². The fraction of sp³-hybridized carbons (Fsp3) is 0. The molecule has 0 saturated carbocycles. The van der Waals surface area contributed by atoms with Gasteiger partial charge in [-0.2, -0.15) is 5.26 Å².